The summed E-state index contributed by atoms with van der Waals surface area (Å²) in [5.74, 6) is 0.652. The lowest BCUT2D eigenvalue weighted by Crippen LogP contribution is -2.41. The Kier molecular flexibility index (Phi) is 4.05. The molecule has 2 nitrogen and oxygen atoms in total. The van der Waals surface area contributed by atoms with Crippen LogP contribution in [0.2, 0.25) is 5.82 Å². The highest BCUT2D eigenvalue weighted by molar-refractivity contribution is 6.48. The normalized spacial score (nSPS) is 27.1. The predicted octanol–water partition coefficient (Wildman–Crippen LogP) is 5.23. The molecule has 1 aliphatic heterocycles. The summed E-state index contributed by atoms with van der Waals surface area (Å²) in [4.78, 5) is 0. The van der Waals surface area contributed by atoms with E-state index in [0.29, 0.717) is 11.7 Å². The van der Waals surface area contributed by atoms with Gasteiger partial charge in [-0.2, -0.15) is 0 Å². The van der Waals surface area contributed by atoms with Crippen LogP contribution in [-0.4, -0.2) is 18.3 Å². The quantitative estimate of drug-likeness (QED) is 0.701. The third kappa shape index (κ3) is 2.84. The Balaban J connectivity index is 1.75. The molecule has 1 saturated heterocycles. The van der Waals surface area contributed by atoms with E-state index in [1.807, 2.05) is 0 Å². The van der Waals surface area contributed by atoms with Gasteiger partial charge in [0.25, 0.3) is 0 Å². The average Bonchev–Trinajstić information content (AvgIpc) is 2.82. The van der Waals surface area contributed by atoms with Gasteiger partial charge in [-0.15, -0.1) is 0 Å². The molecule has 0 aromatic heterocycles. The van der Waals surface area contributed by atoms with E-state index in [-0.39, 0.29) is 18.3 Å². The molecule has 4 rings (SSSR count). The van der Waals surface area contributed by atoms with Crippen molar-refractivity contribution in [1.82, 2.24) is 0 Å². The van der Waals surface area contributed by atoms with Crippen LogP contribution in [-0.2, 0) is 15.7 Å². The van der Waals surface area contributed by atoms with Crippen molar-refractivity contribution in [2.45, 2.75) is 63.5 Å². The number of hydrogen-bond acceptors (Lipinski definition) is 2. The highest BCUT2D eigenvalue weighted by Crippen LogP contribution is 2.50. The first-order chi connectivity index (χ1) is 11.9. The summed E-state index contributed by atoms with van der Waals surface area (Å²) in [6.07, 6.45) is 2.18. The summed E-state index contributed by atoms with van der Waals surface area (Å²) < 4.78 is 12.9. The summed E-state index contributed by atoms with van der Waals surface area (Å²) in [5, 5.41) is 0. The van der Waals surface area contributed by atoms with Crippen LogP contribution < -0.4 is 0 Å². The Morgan fingerprint density at radius 1 is 0.840 bits per heavy atom. The van der Waals surface area contributed by atoms with Gasteiger partial charge < -0.3 is 9.31 Å². The van der Waals surface area contributed by atoms with Crippen LogP contribution in [0.15, 0.2) is 54.6 Å². The van der Waals surface area contributed by atoms with Gasteiger partial charge in [-0.1, -0.05) is 54.6 Å². The first-order valence-electron chi connectivity index (χ1n) is 9.37. The minimum atomic E-state index is -0.282. The fourth-order valence-electron chi connectivity index (χ4n) is 4.23. The standard InChI is InChI=1S/C22H27BO2/c1-21(2)22(3,4)25-23(24-21)19-15-14-16-10-8-9-13-18(16)20(19)17-11-6-5-7-12-17/h5-13,19-20H,14-15H2,1-4H3/t19-,20-/m1/s1. The number of rotatable bonds is 2. The van der Waals surface area contributed by atoms with Gasteiger partial charge in [-0.3, -0.25) is 0 Å². The number of benzene rings is 2. The number of aryl methyl sites for hydroxylation is 1. The third-order valence-corrected chi connectivity index (χ3v) is 6.35. The van der Waals surface area contributed by atoms with Gasteiger partial charge >= 0.3 is 7.12 Å². The minimum absolute atomic E-state index is 0.163. The van der Waals surface area contributed by atoms with Crippen LogP contribution in [0.3, 0.4) is 0 Å². The molecule has 0 spiro atoms. The zero-order valence-electron chi connectivity index (χ0n) is 15.7. The molecule has 0 saturated carbocycles. The molecule has 0 unspecified atom stereocenters. The van der Waals surface area contributed by atoms with Gasteiger partial charge in [0.05, 0.1) is 11.2 Å². The summed E-state index contributed by atoms with van der Waals surface area (Å²) in [6.45, 7) is 8.56. The number of fused-ring (bicyclic) bond motifs is 1. The average molecular weight is 334 g/mol. The molecule has 1 fully saturated rings. The van der Waals surface area contributed by atoms with E-state index in [1.165, 1.54) is 16.7 Å². The SMILES string of the molecule is CC1(C)OB([C@@H]2CCc3ccccc3[C@H]2c2ccccc2)OC1(C)C. The maximum atomic E-state index is 6.45. The van der Waals surface area contributed by atoms with Gasteiger partial charge in [-0.05, 0) is 57.2 Å². The molecular weight excluding hydrogens is 307 g/mol. The fourth-order valence-corrected chi connectivity index (χ4v) is 4.23. The molecule has 2 atom stereocenters. The van der Waals surface area contributed by atoms with Gasteiger partial charge in [0.15, 0.2) is 0 Å². The summed E-state index contributed by atoms with van der Waals surface area (Å²) in [5.41, 5.74) is 3.68. The van der Waals surface area contributed by atoms with Gasteiger partial charge in [-0.25, -0.2) is 0 Å². The molecule has 1 aliphatic carbocycles. The molecule has 1 heterocycles. The van der Waals surface area contributed by atoms with E-state index in [9.17, 15) is 0 Å². The summed E-state index contributed by atoms with van der Waals surface area (Å²) in [6, 6.07) is 19.7. The zero-order chi connectivity index (χ0) is 17.7. The topological polar surface area (TPSA) is 18.5 Å². The Bertz CT molecular complexity index is 738. The van der Waals surface area contributed by atoms with E-state index in [4.69, 9.17) is 9.31 Å². The van der Waals surface area contributed by atoms with Gasteiger partial charge in [0.2, 0.25) is 0 Å². The maximum absolute atomic E-state index is 6.45. The molecule has 0 amide bonds. The van der Waals surface area contributed by atoms with Crippen molar-refractivity contribution in [1.29, 1.82) is 0 Å². The fraction of sp³-hybridized carbons (Fsp3) is 0.455. The Morgan fingerprint density at radius 3 is 2.12 bits per heavy atom. The monoisotopic (exact) mass is 334 g/mol. The molecule has 2 aromatic carbocycles. The van der Waals surface area contributed by atoms with Crippen LogP contribution >= 0.6 is 0 Å². The predicted molar refractivity (Wildman–Crippen MR) is 103 cm³/mol. The number of hydrogen-bond donors (Lipinski definition) is 0. The zero-order valence-corrected chi connectivity index (χ0v) is 15.7. The van der Waals surface area contributed by atoms with E-state index >= 15 is 0 Å². The Labute approximate surface area is 151 Å². The van der Waals surface area contributed by atoms with Gasteiger partial charge in [0, 0.05) is 11.7 Å². The third-order valence-electron chi connectivity index (χ3n) is 6.35. The molecule has 25 heavy (non-hydrogen) atoms. The molecule has 2 aromatic rings. The van der Waals surface area contributed by atoms with Crippen molar-refractivity contribution in [2.24, 2.45) is 0 Å². The summed E-state index contributed by atoms with van der Waals surface area (Å²) >= 11 is 0. The molecule has 3 heteroatoms. The molecule has 0 radical (unpaired) electrons. The van der Waals surface area contributed by atoms with Crippen LogP contribution in [0, 0.1) is 0 Å². The molecule has 0 bridgehead atoms. The van der Waals surface area contributed by atoms with Crippen molar-refractivity contribution >= 4 is 7.12 Å². The Morgan fingerprint density at radius 2 is 1.44 bits per heavy atom. The maximum Gasteiger partial charge on any atom is 0.462 e. The van der Waals surface area contributed by atoms with Crippen LogP contribution in [0.25, 0.3) is 0 Å². The second-order valence-corrected chi connectivity index (χ2v) is 8.41. The van der Waals surface area contributed by atoms with Crippen LogP contribution in [0.5, 0.6) is 0 Å². The van der Waals surface area contributed by atoms with Crippen molar-refractivity contribution in [2.75, 3.05) is 0 Å². The molecule has 2 aliphatic rings. The lowest BCUT2D eigenvalue weighted by atomic mass is 9.56. The van der Waals surface area contributed by atoms with E-state index < -0.39 is 0 Å². The highest BCUT2D eigenvalue weighted by Gasteiger charge is 2.55. The van der Waals surface area contributed by atoms with Crippen molar-refractivity contribution < 1.29 is 9.31 Å². The highest BCUT2D eigenvalue weighted by atomic mass is 16.7. The largest absolute Gasteiger partial charge is 0.462 e. The summed E-state index contributed by atoms with van der Waals surface area (Å²) in [7, 11) is -0.163. The molecule has 130 valence electrons. The lowest BCUT2D eigenvalue weighted by molar-refractivity contribution is 0.00578. The van der Waals surface area contributed by atoms with Gasteiger partial charge in [0.1, 0.15) is 0 Å². The first kappa shape index (κ1) is 16.9. The Hall–Kier alpha value is -1.58. The van der Waals surface area contributed by atoms with Crippen molar-refractivity contribution in [3.05, 3.63) is 71.3 Å². The molecule has 0 N–H and O–H groups in total. The lowest BCUT2D eigenvalue weighted by Gasteiger charge is -2.35. The van der Waals surface area contributed by atoms with Crippen molar-refractivity contribution in [3.63, 3.8) is 0 Å². The second kappa shape index (κ2) is 6.00. The van der Waals surface area contributed by atoms with E-state index in [0.717, 1.165) is 12.8 Å². The van der Waals surface area contributed by atoms with Crippen LogP contribution in [0.1, 0.15) is 56.7 Å². The smallest absolute Gasteiger partial charge is 0.403 e. The minimum Gasteiger partial charge on any atom is -0.403 e. The second-order valence-electron chi connectivity index (χ2n) is 8.41. The van der Waals surface area contributed by atoms with E-state index in [2.05, 4.69) is 82.3 Å². The van der Waals surface area contributed by atoms with Crippen LogP contribution in [0.4, 0.5) is 0 Å². The van der Waals surface area contributed by atoms with E-state index in [1.54, 1.807) is 0 Å². The van der Waals surface area contributed by atoms with Crippen molar-refractivity contribution in [3.8, 4) is 0 Å². The molecular formula is C22H27BO2. The first-order valence-corrected chi connectivity index (χ1v) is 9.37.